The summed E-state index contributed by atoms with van der Waals surface area (Å²) in [6.07, 6.45) is 2.34. The summed E-state index contributed by atoms with van der Waals surface area (Å²) in [5.74, 6) is 0.0914. The smallest absolute Gasteiger partial charge is 0.303 e. The lowest BCUT2D eigenvalue weighted by Gasteiger charge is -2.06. The molecule has 0 aromatic heterocycles. The number of aliphatic carboxylic acids is 2. The number of fused-ring (bicyclic) bond motifs is 1. The molecule has 0 aliphatic carbocycles. The van der Waals surface area contributed by atoms with Gasteiger partial charge in [0.1, 0.15) is 11.5 Å². The predicted molar refractivity (Wildman–Crippen MR) is 120 cm³/mol. The van der Waals surface area contributed by atoms with Crippen LogP contribution in [0.25, 0.3) is 10.8 Å². The molecule has 6 heteroatoms. The summed E-state index contributed by atoms with van der Waals surface area (Å²) in [7, 11) is 0. The van der Waals surface area contributed by atoms with Gasteiger partial charge in [-0.3, -0.25) is 9.59 Å². The van der Waals surface area contributed by atoms with Crippen LogP contribution in [0.4, 0.5) is 0 Å². The molecule has 0 saturated carbocycles. The molecule has 0 spiro atoms. The van der Waals surface area contributed by atoms with E-state index in [0.717, 1.165) is 23.3 Å². The van der Waals surface area contributed by atoms with Crippen LogP contribution in [0.2, 0.25) is 0 Å². The highest BCUT2D eigenvalue weighted by atomic mass is 16.5. The molecule has 0 unspecified atom stereocenters. The number of para-hydroxylation sites is 1. The van der Waals surface area contributed by atoms with Crippen LogP contribution < -0.4 is 9.47 Å². The molecule has 31 heavy (non-hydrogen) atoms. The third kappa shape index (κ3) is 10.2. The summed E-state index contributed by atoms with van der Waals surface area (Å²) in [5.41, 5.74) is 0. The topological polar surface area (TPSA) is 93.1 Å². The minimum Gasteiger partial charge on any atom is -0.494 e. The Labute approximate surface area is 182 Å². The number of ether oxygens (including phenoxy) is 2. The predicted octanol–water partition coefficient (Wildman–Crippen LogP) is 5.40. The van der Waals surface area contributed by atoms with Crippen LogP contribution in [0.1, 0.15) is 32.1 Å². The minimum absolute atomic E-state index is 0.146. The van der Waals surface area contributed by atoms with Gasteiger partial charge >= 0.3 is 11.9 Å². The molecule has 0 heterocycles. The first-order valence-corrected chi connectivity index (χ1v) is 10.3. The molecular formula is C25H28O6. The Bertz CT molecular complexity index is 939. The van der Waals surface area contributed by atoms with Crippen molar-refractivity contribution in [2.75, 3.05) is 13.2 Å². The fraction of sp³-hybridized carbons (Fsp3) is 0.280. The fourth-order valence-corrected chi connectivity index (χ4v) is 2.76. The highest BCUT2D eigenvalue weighted by molar-refractivity contribution is 5.83. The van der Waals surface area contributed by atoms with E-state index in [4.69, 9.17) is 19.7 Å². The molecule has 2 N–H and O–H groups in total. The van der Waals surface area contributed by atoms with E-state index in [9.17, 15) is 9.59 Å². The summed E-state index contributed by atoms with van der Waals surface area (Å²) in [4.78, 5) is 20.5. The molecule has 3 rings (SSSR count). The zero-order valence-electron chi connectivity index (χ0n) is 17.4. The van der Waals surface area contributed by atoms with Crippen molar-refractivity contribution in [3.05, 3.63) is 72.8 Å². The SMILES string of the molecule is O=C(O)CCCCOc1ccccc1.O=C(O)CCCOc1ccc2ccccc2c1. The Morgan fingerprint density at radius 3 is 1.90 bits per heavy atom. The van der Waals surface area contributed by atoms with E-state index < -0.39 is 11.9 Å². The van der Waals surface area contributed by atoms with Crippen molar-refractivity contribution >= 4 is 22.7 Å². The Hall–Kier alpha value is -3.54. The van der Waals surface area contributed by atoms with Gasteiger partial charge in [-0.2, -0.15) is 0 Å². The molecule has 3 aromatic carbocycles. The van der Waals surface area contributed by atoms with Crippen LogP contribution in [0.5, 0.6) is 11.5 Å². The summed E-state index contributed by atoms with van der Waals surface area (Å²) in [6.45, 7) is 1.02. The first kappa shape index (κ1) is 23.7. The first-order chi connectivity index (χ1) is 15.0. The normalized spacial score (nSPS) is 10.1. The quantitative estimate of drug-likeness (QED) is 0.400. The van der Waals surface area contributed by atoms with Crippen LogP contribution in [0, 0.1) is 0 Å². The number of benzene rings is 3. The number of unbranched alkanes of at least 4 members (excludes halogenated alkanes) is 1. The van der Waals surface area contributed by atoms with Crippen LogP contribution in [0.3, 0.4) is 0 Å². The molecule has 0 aliphatic heterocycles. The third-order valence-electron chi connectivity index (χ3n) is 4.32. The van der Waals surface area contributed by atoms with Gasteiger partial charge in [0.15, 0.2) is 0 Å². The van der Waals surface area contributed by atoms with Crippen LogP contribution in [0.15, 0.2) is 72.8 Å². The van der Waals surface area contributed by atoms with E-state index >= 15 is 0 Å². The maximum Gasteiger partial charge on any atom is 0.303 e. The van der Waals surface area contributed by atoms with Gasteiger partial charge in [0.05, 0.1) is 13.2 Å². The molecule has 6 nitrogen and oxygen atoms in total. The highest BCUT2D eigenvalue weighted by Gasteiger charge is 1.99. The average molecular weight is 424 g/mol. The number of carboxylic acid groups (broad SMARTS) is 2. The lowest BCUT2D eigenvalue weighted by atomic mass is 10.1. The van der Waals surface area contributed by atoms with Crippen molar-refractivity contribution in [1.82, 2.24) is 0 Å². The summed E-state index contributed by atoms with van der Waals surface area (Å²) in [5, 5.41) is 19.2. The van der Waals surface area contributed by atoms with Crippen molar-refractivity contribution in [3.63, 3.8) is 0 Å². The van der Waals surface area contributed by atoms with Gasteiger partial charge in [-0.25, -0.2) is 0 Å². The maximum atomic E-state index is 10.3. The molecule has 0 bridgehead atoms. The van der Waals surface area contributed by atoms with Crippen molar-refractivity contribution in [1.29, 1.82) is 0 Å². The molecule has 0 amide bonds. The monoisotopic (exact) mass is 424 g/mol. The zero-order valence-corrected chi connectivity index (χ0v) is 17.4. The molecule has 164 valence electrons. The maximum absolute atomic E-state index is 10.3. The number of carbonyl (C=O) groups is 2. The van der Waals surface area contributed by atoms with E-state index in [-0.39, 0.29) is 12.8 Å². The van der Waals surface area contributed by atoms with Gasteiger partial charge in [0, 0.05) is 12.8 Å². The minimum atomic E-state index is -0.785. The van der Waals surface area contributed by atoms with E-state index in [1.165, 1.54) is 5.39 Å². The van der Waals surface area contributed by atoms with Crippen molar-refractivity contribution in [3.8, 4) is 11.5 Å². The van der Waals surface area contributed by atoms with E-state index in [1.807, 2.05) is 72.8 Å². The van der Waals surface area contributed by atoms with Gasteiger partial charge in [0.25, 0.3) is 0 Å². The Balaban J connectivity index is 0.000000225. The number of rotatable bonds is 11. The second-order valence-corrected chi connectivity index (χ2v) is 6.87. The standard InChI is InChI=1S/C14H14O3.C11H14O3/c15-14(16)6-3-9-17-13-8-7-11-4-1-2-5-12(11)10-13;12-11(13)8-4-5-9-14-10-6-2-1-3-7-10/h1-2,4-5,7-8,10H,3,6,9H2,(H,15,16);1-3,6-7H,4-5,8-9H2,(H,12,13). The molecular weight excluding hydrogens is 396 g/mol. The van der Waals surface area contributed by atoms with Gasteiger partial charge in [-0.15, -0.1) is 0 Å². The summed E-state index contributed by atoms with van der Waals surface area (Å²) in [6, 6.07) is 23.4. The third-order valence-corrected chi connectivity index (χ3v) is 4.32. The van der Waals surface area contributed by atoms with Gasteiger partial charge in [-0.1, -0.05) is 48.5 Å². The van der Waals surface area contributed by atoms with Crippen molar-refractivity contribution in [2.45, 2.75) is 32.1 Å². The van der Waals surface area contributed by atoms with Gasteiger partial charge < -0.3 is 19.7 Å². The molecule has 0 aliphatic rings. The van der Waals surface area contributed by atoms with Crippen LogP contribution >= 0.6 is 0 Å². The number of hydrogen-bond donors (Lipinski definition) is 2. The highest BCUT2D eigenvalue weighted by Crippen LogP contribution is 2.20. The zero-order chi connectivity index (χ0) is 22.3. The molecule has 0 radical (unpaired) electrons. The largest absolute Gasteiger partial charge is 0.494 e. The number of carboxylic acids is 2. The fourth-order valence-electron chi connectivity index (χ4n) is 2.76. The average Bonchev–Trinajstić information content (AvgIpc) is 2.77. The molecule has 0 fully saturated rings. The second kappa shape index (κ2) is 13.6. The van der Waals surface area contributed by atoms with E-state index in [2.05, 4.69) is 0 Å². The van der Waals surface area contributed by atoms with Crippen LogP contribution in [-0.4, -0.2) is 35.4 Å². The van der Waals surface area contributed by atoms with Gasteiger partial charge in [0.2, 0.25) is 0 Å². The van der Waals surface area contributed by atoms with E-state index in [1.54, 1.807) is 0 Å². The molecule has 0 atom stereocenters. The summed E-state index contributed by atoms with van der Waals surface area (Å²) >= 11 is 0. The van der Waals surface area contributed by atoms with Crippen molar-refractivity contribution < 1.29 is 29.3 Å². The Morgan fingerprint density at radius 1 is 0.613 bits per heavy atom. The number of hydrogen-bond acceptors (Lipinski definition) is 4. The molecule has 0 saturated heterocycles. The Morgan fingerprint density at radius 2 is 1.19 bits per heavy atom. The second-order valence-electron chi connectivity index (χ2n) is 6.87. The lowest BCUT2D eigenvalue weighted by molar-refractivity contribution is -0.138. The lowest BCUT2D eigenvalue weighted by Crippen LogP contribution is -2.01. The Kier molecular flexibility index (Phi) is 10.4. The van der Waals surface area contributed by atoms with Crippen LogP contribution in [-0.2, 0) is 9.59 Å². The van der Waals surface area contributed by atoms with E-state index in [0.29, 0.717) is 26.1 Å². The van der Waals surface area contributed by atoms with Gasteiger partial charge in [-0.05, 0) is 54.3 Å². The molecule has 3 aromatic rings. The van der Waals surface area contributed by atoms with Crippen molar-refractivity contribution in [2.24, 2.45) is 0 Å². The summed E-state index contributed by atoms with van der Waals surface area (Å²) < 4.78 is 10.9. The first-order valence-electron chi connectivity index (χ1n) is 10.3.